The van der Waals surface area contributed by atoms with Crippen LogP contribution in [0.1, 0.15) is 0 Å². The van der Waals surface area contributed by atoms with Gasteiger partial charge in [-0.1, -0.05) is 0 Å². The number of benzene rings is 2. The fraction of sp³-hybridized carbons (Fsp3) is 0.545. The molecule has 3 aliphatic heterocycles. The summed E-state index contributed by atoms with van der Waals surface area (Å²) in [4.78, 5) is 13.1. The van der Waals surface area contributed by atoms with E-state index >= 15 is 0 Å². The van der Waals surface area contributed by atoms with Crippen molar-refractivity contribution in [3.63, 3.8) is 0 Å². The third kappa shape index (κ3) is 7.58. The Morgan fingerprint density at radius 3 is 1.81 bits per heavy atom. The number of phenolic OH excluding ortho intramolecular Hbond substituents is 2. The van der Waals surface area contributed by atoms with Crippen molar-refractivity contribution < 1.29 is 99.2 Å². The molecule has 4 heterocycles. The third-order valence-corrected chi connectivity index (χ3v) is 9.36. The van der Waals surface area contributed by atoms with E-state index in [2.05, 4.69) is 0 Å². The number of rotatable bonds is 10. The Balaban J connectivity index is 1.30. The Labute approximate surface area is 303 Å². The molecule has 0 amide bonds. The molecule has 21 nitrogen and oxygen atoms in total. The molecule has 0 bridgehead atoms. The van der Waals surface area contributed by atoms with Gasteiger partial charge in [0.15, 0.2) is 18.3 Å². The lowest BCUT2D eigenvalue weighted by atomic mass is 9.96. The maximum absolute atomic E-state index is 13.1. The van der Waals surface area contributed by atoms with E-state index in [0.29, 0.717) is 0 Å². The highest BCUT2D eigenvalue weighted by Crippen LogP contribution is 2.38. The van der Waals surface area contributed by atoms with E-state index in [9.17, 15) is 71.2 Å². The molecule has 0 aliphatic carbocycles. The fourth-order valence-electron chi connectivity index (χ4n) is 6.30. The van der Waals surface area contributed by atoms with Gasteiger partial charge in [-0.2, -0.15) is 0 Å². The van der Waals surface area contributed by atoms with E-state index in [4.69, 9.17) is 32.8 Å². The zero-order valence-electron chi connectivity index (χ0n) is 27.8. The Morgan fingerprint density at radius 2 is 1.20 bits per heavy atom. The standard InChI is InChI=1S/C33H40O21/c34-7-15-19(38)23(42)26(45)31(51-15)48-9-17-21(40)30(54-32-27(46)24(43)20(39)16(8-35)52-32)28(47)33(53-17)49-12-5-13(37)18-14(6-12)50-29(25(44)22(18)41)10-1-3-11(36)4-2-10/h1-6,15-17,19-21,23-24,26-28,30-40,42-47H,7-9H2/t15?,16?,17?,19-,20-,21-,23+,24+,26?,27?,28?,30+,31-,32+,33-/m1/s1. The van der Waals surface area contributed by atoms with Crippen molar-refractivity contribution in [1.29, 1.82) is 0 Å². The minimum absolute atomic E-state index is 0.114. The van der Waals surface area contributed by atoms with Crippen LogP contribution in [0.4, 0.5) is 0 Å². The van der Waals surface area contributed by atoms with Gasteiger partial charge in [0.2, 0.25) is 17.5 Å². The number of aliphatic hydroxyl groups excluding tert-OH is 10. The molecule has 6 unspecified atom stereocenters. The van der Waals surface area contributed by atoms with Gasteiger partial charge in [0.1, 0.15) is 101 Å². The van der Waals surface area contributed by atoms with Crippen molar-refractivity contribution >= 4 is 11.0 Å². The number of aliphatic hydroxyl groups is 10. The van der Waals surface area contributed by atoms with E-state index in [-0.39, 0.29) is 28.4 Å². The van der Waals surface area contributed by atoms with Crippen LogP contribution in [0, 0.1) is 0 Å². The highest BCUT2D eigenvalue weighted by Gasteiger charge is 2.52. The lowest BCUT2D eigenvalue weighted by molar-refractivity contribution is -0.358. The first-order valence-electron chi connectivity index (χ1n) is 16.5. The summed E-state index contributed by atoms with van der Waals surface area (Å²) < 4.78 is 39.2. The first kappa shape index (κ1) is 39.9. The molecule has 3 aromatic rings. The summed E-state index contributed by atoms with van der Waals surface area (Å²) in [5.41, 5.74) is -1.18. The summed E-state index contributed by atoms with van der Waals surface area (Å²) in [6.07, 6.45) is -26.7. The molecule has 54 heavy (non-hydrogen) atoms. The maximum Gasteiger partial charge on any atom is 0.238 e. The summed E-state index contributed by atoms with van der Waals surface area (Å²) in [7, 11) is 0. The van der Waals surface area contributed by atoms with Gasteiger partial charge in [0, 0.05) is 17.7 Å². The van der Waals surface area contributed by atoms with E-state index < -0.39 is 134 Å². The second kappa shape index (κ2) is 16.2. The Morgan fingerprint density at radius 1 is 0.630 bits per heavy atom. The molecular weight excluding hydrogens is 732 g/mol. The highest BCUT2D eigenvalue weighted by molar-refractivity contribution is 5.88. The molecule has 0 spiro atoms. The second-order valence-electron chi connectivity index (χ2n) is 12.9. The van der Waals surface area contributed by atoms with Crippen LogP contribution < -0.4 is 10.2 Å². The lowest BCUT2D eigenvalue weighted by Gasteiger charge is -2.46. The van der Waals surface area contributed by atoms with Gasteiger partial charge in [0.25, 0.3) is 0 Å². The number of phenols is 2. The summed E-state index contributed by atoms with van der Waals surface area (Å²) >= 11 is 0. The van der Waals surface area contributed by atoms with Gasteiger partial charge >= 0.3 is 0 Å². The molecule has 13 N–H and O–H groups in total. The molecule has 0 radical (unpaired) electrons. The number of fused-ring (bicyclic) bond motifs is 1. The van der Waals surface area contributed by atoms with Crippen LogP contribution in [0.5, 0.6) is 23.0 Å². The van der Waals surface area contributed by atoms with E-state index in [0.717, 1.165) is 12.1 Å². The second-order valence-corrected chi connectivity index (χ2v) is 12.9. The monoisotopic (exact) mass is 772 g/mol. The minimum Gasteiger partial charge on any atom is -0.508 e. The Hall–Kier alpha value is -3.75. The van der Waals surface area contributed by atoms with E-state index in [1.54, 1.807) is 0 Å². The van der Waals surface area contributed by atoms with Crippen LogP contribution in [0.15, 0.2) is 45.6 Å². The highest BCUT2D eigenvalue weighted by atomic mass is 16.7. The van der Waals surface area contributed by atoms with Gasteiger partial charge in [0.05, 0.1) is 19.8 Å². The van der Waals surface area contributed by atoms with Crippen molar-refractivity contribution in [2.45, 2.75) is 92.1 Å². The average Bonchev–Trinajstić information content (AvgIpc) is 3.15. The van der Waals surface area contributed by atoms with Crippen molar-refractivity contribution in [2.75, 3.05) is 19.8 Å². The zero-order chi connectivity index (χ0) is 39.2. The minimum atomic E-state index is -2.02. The first-order chi connectivity index (χ1) is 25.6. The maximum atomic E-state index is 13.1. The third-order valence-electron chi connectivity index (χ3n) is 9.36. The van der Waals surface area contributed by atoms with Gasteiger partial charge in [-0.05, 0) is 24.3 Å². The van der Waals surface area contributed by atoms with E-state index in [1.165, 1.54) is 24.3 Å². The Kier molecular flexibility index (Phi) is 11.9. The zero-order valence-corrected chi connectivity index (χ0v) is 27.8. The van der Waals surface area contributed by atoms with Gasteiger partial charge in [-0.15, -0.1) is 0 Å². The molecule has 3 saturated heterocycles. The summed E-state index contributed by atoms with van der Waals surface area (Å²) in [6.45, 7) is -2.35. The summed E-state index contributed by atoms with van der Waals surface area (Å²) in [5, 5.41) is 134. The quantitative estimate of drug-likeness (QED) is 0.0922. The number of aromatic hydroxyl groups is 3. The van der Waals surface area contributed by atoms with Crippen LogP contribution in [0.2, 0.25) is 0 Å². The summed E-state index contributed by atoms with van der Waals surface area (Å²) in [5.74, 6) is -2.37. The smallest absolute Gasteiger partial charge is 0.238 e. The Bertz CT molecular complexity index is 1800. The predicted molar refractivity (Wildman–Crippen MR) is 173 cm³/mol. The predicted octanol–water partition coefficient (Wildman–Crippen LogP) is -4.60. The fourth-order valence-corrected chi connectivity index (χ4v) is 6.30. The molecule has 2 aromatic carbocycles. The molecule has 298 valence electrons. The van der Waals surface area contributed by atoms with Crippen LogP contribution >= 0.6 is 0 Å². The SMILES string of the molecule is O=c1c(O)c(-c2ccc(O)cc2)oc2cc(O[C@@H]3OC(CO[C@@H]4OC(CO)[C@@H](O)[C@H](O)C4O)[C@@H](O)[C@H](O[C@@H]4OC(CO)[C@@H](O)[C@H](O)C4O)C3O)cc(O)c12. The van der Waals surface area contributed by atoms with Crippen molar-refractivity contribution in [1.82, 2.24) is 0 Å². The molecule has 0 saturated carbocycles. The average molecular weight is 773 g/mol. The van der Waals surface area contributed by atoms with Crippen LogP contribution in [0.3, 0.4) is 0 Å². The normalized spacial score (nSPS) is 37.3. The first-order valence-corrected chi connectivity index (χ1v) is 16.5. The molecule has 21 heteroatoms. The molecule has 3 fully saturated rings. The largest absolute Gasteiger partial charge is 0.508 e. The lowest BCUT2D eigenvalue weighted by Crippen LogP contribution is -2.65. The molecule has 15 atom stereocenters. The van der Waals surface area contributed by atoms with Gasteiger partial charge in [-0.3, -0.25) is 4.79 Å². The van der Waals surface area contributed by atoms with Crippen LogP contribution in [-0.2, 0) is 23.7 Å². The van der Waals surface area contributed by atoms with Crippen molar-refractivity contribution in [2.24, 2.45) is 0 Å². The number of hydrogen-bond donors (Lipinski definition) is 13. The van der Waals surface area contributed by atoms with Crippen molar-refractivity contribution in [3.05, 3.63) is 46.6 Å². The van der Waals surface area contributed by atoms with Gasteiger partial charge < -0.3 is 99.2 Å². The van der Waals surface area contributed by atoms with Crippen molar-refractivity contribution in [3.8, 4) is 34.3 Å². The summed E-state index contributed by atoms with van der Waals surface area (Å²) in [6, 6.07) is 7.23. The van der Waals surface area contributed by atoms with E-state index in [1.807, 2.05) is 0 Å². The topological polar surface area (TPSA) is 349 Å². The van der Waals surface area contributed by atoms with Crippen LogP contribution in [0.25, 0.3) is 22.3 Å². The molecule has 6 rings (SSSR count). The number of ether oxygens (including phenoxy) is 6. The molecular formula is C33H40O21. The molecule has 3 aliphatic rings. The number of hydrogen-bond acceptors (Lipinski definition) is 21. The van der Waals surface area contributed by atoms with Gasteiger partial charge in [-0.25, -0.2) is 0 Å². The molecule has 1 aromatic heterocycles. The van der Waals surface area contributed by atoms with Crippen LogP contribution in [-0.4, -0.2) is 178 Å².